The van der Waals surface area contributed by atoms with Crippen molar-refractivity contribution in [2.45, 2.75) is 30.8 Å². The third-order valence-electron chi connectivity index (χ3n) is 5.01. The van der Waals surface area contributed by atoms with Crippen LogP contribution in [0.25, 0.3) is 0 Å². The van der Waals surface area contributed by atoms with Gasteiger partial charge in [0.05, 0.1) is 11.4 Å². The average Bonchev–Trinajstić information content (AvgIpc) is 3.51. The molecule has 4 rings (SSSR count). The van der Waals surface area contributed by atoms with Gasteiger partial charge in [0.2, 0.25) is 5.91 Å². The third kappa shape index (κ3) is 4.36. The number of anilines is 5. The summed E-state index contributed by atoms with van der Waals surface area (Å²) < 4.78 is 6.66. The number of nitrogens with one attached hydrogen (secondary N) is 3. The fourth-order valence-corrected chi connectivity index (χ4v) is 6.53. The Morgan fingerprint density at radius 1 is 1.38 bits per heavy atom. The summed E-state index contributed by atoms with van der Waals surface area (Å²) >= 11 is 2.37. The van der Waals surface area contributed by atoms with Crippen molar-refractivity contribution in [3.8, 4) is 0 Å². The molecule has 2 heterocycles. The fourth-order valence-electron chi connectivity index (χ4n) is 3.23. The molecule has 0 spiro atoms. The highest BCUT2D eigenvalue weighted by Crippen LogP contribution is 2.48. The number of para-hydroxylation sites is 1. The normalized spacial score (nSPS) is 19.3. The first-order valence-corrected chi connectivity index (χ1v) is 15.1. The first-order valence-electron chi connectivity index (χ1n) is 9.41. The molecule has 1 aliphatic carbocycles. The van der Waals surface area contributed by atoms with Crippen LogP contribution in [0.2, 0.25) is 0 Å². The quantitative estimate of drug-likeness (QED) is 0.349. The number of pyridine rings is 1. The van der Waals surface area contributed by atoms with Gasteiger partial charge >= 0.3 is 0 Å². The Kier molecular flexibility index (Phi) is 6.27. The Labute approximate surface area is 188 Å². The molecule has 3 N–H and O–H groups in total. The van der Waals surface area contributed by atoms with Gasteiger partial charge in [-0.3, -0.25) is 9.16 Å². The van der Waals surface area contributed by atoms with Crippen LogP contribution in [0.3, 0.4) is 0 Å². The molecule has 2 aromatic rings. The van der Waals surface area contributed by atoms with Crippen LogP contribution in [-0.2, 0) is 15.5 Å². The van der Waals surface area contributed by atoms with Gasteiger partial charge in [-0.05, 0) is 60.2 Å². The number of hydrogen-bond donors (Lipinski definition) is 3. The highest BCUT2D eigenvalue weighted by Gasteiger charge is 2.32. The number of rotatable bonds is 6. The van der Waals surface area contributed by atoms with E-state index in [4.69, 9.17) is 4.98 Å². The molecule has 1 aromatic carbocycles. The maximum absolute atomic E-state index is 12.3. The zero-order valence-electron chi connectivity index (χ0n) is 16.5. The lowest BCUT2D eigenvalue weighted by Gasteiger charge is -2.19. The summed E-state index contributed by atoms with van der Waals surface area (Å²) in [6.07, 6.45) is 4.73. The Hall–Kier alpha value is -1.45. The molecule has 1 fully saturated rings. The lowest BCUT2D eigenvalue weighted by Crippen LogP contribution is -2.24. The first-order chi connectivity index (χ1) is 14.0. The summed E-state index contributed by atoms with van der Waals surface area (Å²) in [6, 6.07) is 10.1. The van der Waals surface area contributed by atoms with E-state index in [-0.39, 0.29) is 28.7 Å². The number of fused-ring (bicyclic) bond motifs is 1. The lowest BCUT2D eigenvalue weighted by molar-refractivity contribution is -0.117. The van der Waals surface area contributed by atoms with Crippen molar-refractivity contribution in [3.05, 3.63) is 30.3 Å². The molecule has 3 unspecified atom stereocenters. The van der Waals surface area contributed by atoms with Gasteiger partial charge < -0.3 is 20.6 Å². The minimum absolute atomic E-state index is 0.0613. The van der Waals surface area contributed by atoms with E-state index in [2.05, 4.69) is 72.3 Å². The number of nitrogens with zero attached hydrogens (tertiary/aromatic N) is 3. The summed E-state index contributed by atoms with van der Waals surface area (Å²) in [5, 5.41) is 10.1. The van der Waals surface area contributed by atoms with Crippen LogP contribution in [0.15, 0.2) is 39.6 Å². The van der Waals surface area contributed by atoms with E-state index in [1.54, 1.807) is 0 Å². The van der Waals surface area contributed by atoms with E-state index in [0.29, 0.717) is 12.2 Å². The number of carbonyl (C=O) groups is 1. The van der Waals surface area contributed by atoms with Gasteiger partial charge in [0.1, 0.15) is 17.7 Å². The molecular weight excluding hydrogens is 518 g/mol. The van der Waals surface area contributed by atoms with Gasteiger partial charge in [-0.15, -0.1) is 0 Å². The molecule has 1 saturated carbocycles. The van der Waals surface area contributed by atoms with Crippen LogP contribution in [0.1, 0.15) is 19.8 Å². The number of aromatic nitrogens is 1. The molecule has 0 radical (unpaired) electrons. The van der Waals surface area contributed by atoms with Gasteiger partial charge in [-0.2, -0.15) is 0 Å². The zero-order valence-corrected chi connectivity index (χ0v) is 20.5. The summed E-state index contributed by atoms with van der Waals surface area (Å²) in [7, 11) is 1.64. The molecule has 10 heteroatoms. The lowest BCUT2D eigenvalue weighted by atomic mass is 10.2. The predicted molar refractivity (Wildman–Crippen MR) is 133 cm³/mol. The fraction of sp³-hybridized carbons (Fsp3) is 0.368. The Bertz CT molecular complexity index is 983. The SMILES string of the molecule is CN=S(C)c1ccccc1Nc1cc(NC(=O)C2CC2)nc2c1NC(C)N2PI. The number of halogens is 1. The van der Waals surface area contributed by atoms with Crippen LogP contribution in [-0.4, -0.2) is 30.4 Å². The Morgan fingerprint density at radius 2 is 2.14 bits per heavy atom. The number of hydrogen-bond acceptors (Lipinski definition) is 6. The van der Waals surface area contributed by atoms with Crippen molar-refractivity contribution < 1.29 is 4.79 Å². The van der Waals surface area contributed by atoms with Gasteiger partial charge in [-0.1, -0.05) is 22.8 Å². The summed E-state index contributed by atoms with van der Waals surface area (Å²) in [6.45, 7) is 2.12. The van der Waals surface area contributed by atoms with E-state index >= 15 is 0 Å². The number of benzene rings is 1. The van der Waals surface area contributed by atoms with Crippen molar-refractivity contribution in [3.63, 3.8) is 0 Å². The van der Waals surface area contributed by atoms with Crippen LogP contribution >= 0.6 is 28.4 Å². The van der Waals surface area contributed by atoms with Gasteiger partial charge in [-0.25, -0.2) is 4.98 Å². The van der Waals surface area contributed by atoms with Crippen molar-refractivity contribution in [1.82, 2.24) is 4.98 Å². The van der Waals surface area contributed by atoms with Crippen molar-refractivity contribution in [2.75, 3.05) is 33.9 Å². The third-order valence-corrected chi connectivity index (χ3v) is 8.89. The summed E-state index contributed by atoms with van der Waals surface area (Å²) in [5.74, 6) is 1.66. The predicted octanol–water partition coefficient (Wildman–Crippen LogP) is 5.12. The first kappa shape index (κ1) is 20.8. The molecule has 3 atom stereocenters. The van der Waals surface area contributed by atoms with E-state index in [1.165, 1.54) is 0 Å². The zero-order chi connectivity index (χ0) is 20.5. The molecule has 1 aliphatic heterocycles. The maximum atomic E-state index is 12.3. The molecule has 1 amide bonds. The standard InChI is InChI=1S/C19H24IN6OPS/c1-11-22-17-14(23-13-6-4-5-7-15(13)29(3)21-2)10-16(24-18(17)26(11)28-20)25-19(27)12-8-9-12/h4-7,10-12,22,28H,8-9H2,1-3H3,(H2,23,24,25,27). The second kappa shape index (κ2) is 8.73. The molecule has 7 nitrogen and oxygen atoms in total. The van der Waals surface area contributed by atoms with E-state index in [9.17, 15) is 4.79 Å². The molecule has 2 aliphatic rings. The van der Waals surface area contributed by atoms with Crippen LogP contribution < -0.4 is 20.6 Å². The highest BCUT2D eigenvalue weighted by atomic mass is 127. The monoisotopic (exact) mass is 542 g/mol. The molecule has 154 valence electrons. The maximum Gasteiger partial charge on any atom is 0.228 e. The Morgan fingerprint density at radius 3 is 2.83 bits per heavy atom. The van der Waals surface area contributed by atoms with Crippen LogP contribution in [0.5, 0.6) is 0 Å². The molecular formula is C19H24IN6OPS. The minimum Gasteiger partial charge on any atom is -0.360 e. The van der Waals surface area contributed by atoms with Crippen LogP contribution in [0.4, 0.5) is 28.7 Å². The van der Waals surface area contributed by atoms with Crippen LogP contribution in [0, 0.1) is 5.92 Å². The van der Waals surface area contributed by atoms with Crippen molar-refractivity contribution in [2.24, 2.45) is 10.3 Å². The van der Waals surface area contributed by atoms with E-state index < -0.39 is 0 Å². The van der Waals surface area contributed by atoms with Gasteiger partial charge in [0, 0.05) is 30.3 Å². The highest BCUT2D eigenvalue weighted by molar-refractivity contribution is 14.2. The summed E-state index contributed by atoms with van der Waals surface area (Å²) in [5.41, 5.74) is 2.89. The van der Waals surface area contributed by atoms with Crippen molar-refractivity contribution in [1.29, 1.82) is 0 Å². The molecule has 0 saturated heterocycles. The second-order valence-corrected chi connectivity index (χ2v) is 10.9. The summed E-state index contributed by atoms with van der Waals surface area (Å²) in [4.78, 5) is 18.2. The minimum atomic E-state index is -0.205. The van der Waals surface area contributed by atoms with Gasteiger partial charge in [0.25, 0.3) is 0 Å². The molecule has 1 aromatic heterocycles. The van der Waals surface area contributed by atoms with Crippen molar-refractivity contribution >= 4 is 73.7 Å². The van der Waals surface area contributed by atoms with Gasteiger partial charge in [0.15, 0.2) is 5.82 Å². The second-order valence-electron chi connectivity index (χ2n) is 7.07. The van der Waals surface area contributed by atoms with E-state index in [0.717, 1.165) is 40.6 Å². The largest absolute Gasteiger partial charge is 0.360 e. The number of amides is 1. The Balaban J connectivity index is 1.74. The smallest absolute Gasteiger partial charge is 0.228 e. The number of carbonyl (C=O) groups excluding carboxylic acids is 1. The molecule has 29 heavy (non-hydrogen) atoms. The average molecular weight is 542 g/mol. The molecule has 0 bridgehead atoms. The topological polar surface area (TPSA) is 81.6 Å². The van der Waals surface area contributed by atoms with E-state index in [1.807, 2.05) is 25.2 Å².